The lowest BCUT2D eigenvalue weighted by molar-refractivity contribution is 0.102. The van der Waals surface area contributed by atoms with E-state index in [0.29, 0.717) is 11.6 Å². The highest BCUT2D eigenvalue weighted by Gasteiger charge is 2.16. The summed E-state index contributed by atoms with van der Waals surface area (Å²) in [5, 5.41) is 2.60. The zero-order valence-corrected chi connectivity index (χ0v) is 11.7. The Hall–Kier alpha value is -1.72. The molecule has 0 spiro atoms. The fraction of sp³-hybridized carbons (Fsp3) is 0.0769. The van der Waals surface area contributed by atoms with Crippen LogP contribution in [0.15, 0.2) is 24.3 Å². The van der Waals surface area contributed by atoms with Crippen molar-refractivity contribution in [3.05, 3.63) is 57.3 Å². The van der Waals surface area contributed by atoms with Crippen LogP contribution in [0.2, 0.25) is 10.3 Å². The first-order valence-electron chi connectivity index (χ1n) is 5.47. The average Bonchev–Trinajstić information content (AvgIpc) is 2.33. The standard InChI is InChI=1S/C13H8Cl2F2N2O/c1-6-4-10(14)18-12(15)11(6)19-13(20)8-3-2-7(16)5-9(8)17/h2-5H,1H3,(H,19,20). The molecule has 0 aliphatic rings. The van der Waals surface area contributed by atoms with E-state index in [1.165, 1.54) is 6.07 Å². The number of aromatic nitrogens is 1. The Bertz CT molecular complexity index is 669. The molecule has 0 aliphatic heterocycles. The lowest BCUT2D eigenvalue weighted by atomic mass is 10.2. The Morgan fingerprint density at radius 1 is 1.25 bits per heavy atom. The molecule has 1 aromatic heterocycles. The topological polar surface area (TPSA) is 42.0 Å². The molecule has 104 valence electrons. The summed E-state index contributed by atoms with van der Waals surface area (Å²) in [6.45, 7) is 1.66. The molecule has 0 radical (unpaired) electrons. The minimum absolute atomic E-state index is 0.00845. The molecule has 1 heterocycles. The summed E-state index contributed by atoms with van der Waals surface area (Å²) in [5.41, 5.74) is 0.507. The molecule has 7 heteroatoms. The van der Waals surface area contributed by atoms with Crippen LogP contribution in [0, 0.1) is 18.6 Å². The molecule has 0 atom stereocenters. The van der Waals surface area contributed by atoms with Gasteiger partial charge in [-0.3, -0.25) is 4.79 Å². The van der Waals surface area contributed by atoms with Crippen molar-refractivity contribution < 1.29 is 13.6 Å². The number of nitrogens with one attached hydrogen (secondary N) is 1. The van der Waals surface area contributed by atoms with E-state index >= 15 is 0 Å². The molecule has 0 aliphatic carbocycles. The van der Waals surface area contributed by atoms with Crippen molar-refractivity contribution in [2.75, 3.05) is 5.32 Å². The van der Waals surface area contributed by atoms with Crippen LogP contribution in [-0.4, -0.2) is 10.9 Å². The van der Waals surface area contributed by atoms with Crippen molar-refractivity contribution >= 4 is 34.8 Å². The molecular weight excluding hydrogens is 309 g/mol. The smallest absolute Gasteiger partial charge is 0.258 e. The second-order valence-electron chi connectivity index (χ2n) is 4.01. The van der Waals surface area contributed by atoms with Gasteiger partial charge in [0.2, 0.25) is 0 Å². The third kappa shape index (κ3) is 3.05. The molecule has 1 N–H and O–H groups in total. The Balaban J connectivity index is 2.33. The number of amides is 1. The molecule has 0 bridgehead atoms. The maximum Gasteiger partial charge on any atom is 0.258 e. The summed E-state index contributed by atoms with van der Waals surface area (Å²) < 4.78 is 26.3. The zero-order valence-electron chi connectivity index (χ0n) is 10.2. The number of pyridine rings is 1. The van der Waals surface area contributed by atoms with Crippen molar-refractivity contribution in [1.29, 1.82) is 0 Å². The van der Waals surface area contributed by atoms with E-state index in [1.807, 2.05) is 0 Å². The van der Waals surface area contributed by atoms with Gasteiger partial charge in [-0.05, 0) is 30.7 Å². The fourth-order valence-corrected chi connectivity index (χ4v) is 2.18. The SMILES string of the molecule is Cc1cc(Cl)nc(Cl)c1NC(=O)c1ccc(F)cc1F. The number of halogens is 4. The summed E-state index contributed by atoms with van der Waals surface area (Å²) in [5.74, 6) is -2.48. The van der Waals surface area contributed by atoms with Crippen molar-refractivity contribution in [2.24, 2.45) is 0 Å². The van der Waals surface area contributed by atoms with Crippen molar-refractivity contribution in [3.63, 3.8) is 0 Å². The van der Waals surface area contributed by atoms with Crippen LogP contribution in [0.3, 0.4) is 0 Å². The molecule has 2 aromatic rings. The van der Waals surface area contributed by atoms with Crippen molar-refractivity contribution in [3.8, 4) is 0 Å². The number of carbonyl (C=O) groups excluding carboxylic acids is 1. The van der Waals surface area contributed by atoms with Gasteiger partial charge in [0.05, 0.1) is 11.3 Å². The van der Waals surface area contributed by atoms with Crippen molar-refractivity contribution in [1.82, 2.24) is 4.98 Å². The van der Waals surface area contributed by atoms with E-state index < -0.39 is 17.5 Å². The van der Waals surface area contributed by atoms with Gasteiger partial charge in [-0.1, -0.05) is 23.2 Å². The summed E-state index contributed by atoms with van der Waals surface area (Å²) in [7, 11) is 0. The molecule has 20 heavy (non-hydrogen) atoms. The van der Waals surface area contributed by atoms with Gasteiger partial charge in [-0.15, -0.1) is 0 Å². The third-order valence-corrected chi connectivity index (χ3v) is 3.02. The van der Waals surface area contributed by atoms with Gasteiger partial charge >= 0.3 is 0 Å². The minimum Gasteiger partial charge on any atom is -0.319 e. The zero-order chi connectivity index (χ0) is 14.9. The summed E-state index contributed by atoms with van der Waals surface area (Å²) in [6.07, 6.45) is 0. The number of anilines is 1. The molecule has 2 rings (SSSR count). The Morgan fingerprint density at radius 2 is 1.95 bits per heavy atom. The molecule has 0 fully saturated rings. The molecule has 0 saturated carbocycles. The van der Waals surface area contributed by atoms with Gasteiger partial charge in [0.25, 0.3) is 5.91 Å². The van der Waals surface area contributed by atoms with Crippen LogP contribution in [0.1, 0.15) is 15.9 Å². The average molecular weight is 317 g/mol. The monoisotopic (exact) mass is 316 g/mol. The van der Waals surface area contributed by atoms with E-state index in [4.69, 9.17) is 23.2 Å². The van der Waals surface area contributed by atoms with Crippen molar-refractivity contribution in [2.45, 2.75) is 6.92 Å². The van der Waals surface area contributed by atoms with Gasteiger partial charge in [0, 0.05) is 6.07 Å². The van der Waals surface area contributed by atoms with E-state index in [1.54, 1.807) is 6.92 Å². The number of rotatable bonds is 2. The van der Waals surface area contributed by atoms with Crippen LogP contribution >= 0.6 is 23.2 Å². The highest BCUT2D eigenvalue weighted by Crippen LogP contribution is 2.27. The van der Waals surface area contributed by atoms with Crippen LogP contribution in [-0.2, 0) is 0 Å². The number of benzene rings is 1. The number of hydrogen-bond acceptors (Lipinski definition) is 2. The predicted molar refractivity (Wildman–Crippen MR) is 73.3 cm³/mol. The summed E-state index contributed by atoms with van der Waals surface area (Å²) in [4.78, 5) is 15.7. The number of aryl methyl sites for hydroxylation is 1. The first kappa shape index (κ1) is 14.7. The van der Waals surface area contributed by atoms with Gasteiger partial charge < -0.3 is 5.32 Å². The van der Waals surface area contributed by atoms with Gasteiger partial charge in [0.15, 0.2) is 5.15 Å². The second-order valence-corrected chi connectivity index (χ2v) is 4.75. The number of nitrogens with zero attached hydrogens (tertiary/aromatic N) is 1. The number of carbonyl (C=O) groups is 1. The predicted octanol–water partition coefficient (Wildman–Crippen LogP) is 4.23. The fourth-order valence-electron chi connectivity index (χ4n) is 1.60. The number of hydrogen-bond donors (Lipinski definition) is 1. The van der Waals surface area contributed by atoms with E-state index in [-0.39, 0.29) is 21.6 Å². The lowest BCUT2D eigenvalue weighted by Gasteiger charge is -2.10. The molecule has 3 nitrogen and oxygen atoms in total. The first-order valence-corrected chi connectivity index (χ1v) is 6.23. The first-order chi connectivity index (χ1) is 9.38. The normalized spacial score (nSPS) is 10.4. The lowest BCUT2D eigenvalue weighted by Crippen LogP contribution is -2.15. The van der Waals surface area contributed by atoms with E-state index in [9.17, 15) is 13.6 Å². The minimum atomic E-state index is -0.960. The largest absolute Gasteiger partial charge is 0.319 e. The molecular formula is C13H8Cl2F2N2O. The van der Waals surface area contributed by atoms with Crippen LogP contribution in [0.4, 0.5) is 14.5 Å². The molecule has 1 aromatic carbocycles. The maximum atomic E-state index is 13.5. The molecule has 0 saturated heterocycles. The quantitative estimate of drug-likeness (QED) is 0.842. The van der Waals surface area contributed by atoms with Crippen LogP contribution in [0.5, 0.6) is 0 Å². The van der Waals surface area contributed by atoms with Gasteiger partial charge in [0.1, 0.15) is 16.8 Å². The second kappa shape index (κ2) is 5.73. The van der Waals surface area contributed by atoms with Crippen LogP contribution < -0.4 is 5.32 Å². The van der Waals surface area contributed by atoms with Gasteiger partial charge in [-0.2, -0.15) is 0 Å². The van der Waals surface area contributed by atoms with Gasteiger partial charge in [-0.25, -0.2) is 13.8 Å². The van der Waals surface area contributed by atoms with E-state index in [2.05, 4.69) is 10.3 Å². The highest BCUT2D eigenvalue weighted by atomic mass is 35.5. The maximum absolute atomic E-state index is 13.5. The summed E-state index contributed by atoms with van der Waals surface area (Å²) >= 11 is 11.6. The molecule has 0 unspecified atom stereocenters. The highest BCUT2D eigenvalue weighted by molar-refractivity contribution is 6.35. The third-order valence-electron chi connectivity index (χ3n) is 2.56. The molecule has 1 amide bonds. The summed E-state index contributed by atoms with van der Waals surface area (Å²) in [6, 6.07) is 4.17. The Morgan fingerprint density at radius 3 is 2.55 bits per heavy atom. The van der Waals surface area contributed by atoms with E-state index in [0.717, 1.165) is 12.1 Å². The Labute approximate surface area is 123 Å². The Kier molecular flexibility index (Phi) is 4.20. The van der Waals surface area contributed by atoms with Crippen LogP contribution in [0.25, 0.3) is 0 Å².